The third-order valence-corrected chi connectivity index (χ3v) is 2.38. The molecule has 58 valence electrons. The number of fused-ring (bicyclic) bond motifs is 1. The largest absolute Gasteiger partial charge is 0.396 e. The van der Waals surface area contributed by atoms with E-state index < -0.39 is 0 Å². The first kappa shape index (κ1) is 6.82. The van der Waals surface area contributed by atoms with Gasteiger partial charge in [-0.1, -0.05) is 0 Å². The van der Waals surface area contributed by atoms with Crippen molar-refractivity contribution in [2.45, 2.75) is 6.42 Å². The Hall–Kier alpha value is -0.870. The second-order valence-electron chi connectivity index (χ2n) is 2.26. The van der Waals surface area contributed by atoms with Gasteiger partial charge in [0.25, 0.3) is 0 Å². The highest BCUT2D eigenvalue weighted by Crippen LogP contribution is 2.13. The van der Waals surface area contributed by atoms with Crippen molar-refractivity contribution in [2.75, 3.05) is 6.61 Å². The molecule has 2 heterocycles. The van der Waals surface area contributed by atoms with Crippen LogP contribution in [0.25, 0.3) is 4.83 Å². The molecular weight excluding hydrogens is 160 g/mol. The molecule has 0 fully saturated rings. The summed E-state index contributed by atoms with van der Waals surface area (Å²) >= 11 is 1.65. The van der Waals surface area contributed by atoms with Crippen LogP contribution in [0.15, 0.2) is 17.8 Å². The van der Waals surface area contributed by atoms with Crippen LogP contribution in [0.3, 0.4) is 0 Å². The smallest absolute Gasteiger partial charge is 0.119 e. The number of nitrogens with zero attached hydrogens (tertiary/aromatic N) is 2. The number of imidazole rings is 1. The van der Waals surface area contributed by atoms with Crippen molar-refractivity contribution in [3.05, 3.63) is 23.6 Å². The first-order chi connectivity index (χ1) is 5.42. The van der Waals surface area contributed by atoms with Crippen molar-refractivity contribution in [1.82, 2.24) is 9.38 Å². The fourth-order valence-electron chi connectivity index (χ4n) is 1.07. The quantitative estimate of drug-likeness (QED) is 0.724. The van der Waals surface area contributed by atoms with Crippen molar-refractivity contribution in [2.24, 2.45) is 0 Å². The van der Waals surface area contributed by atoms with Crippen molar-refractivity contribution in [1.29, 1.82) is 0 Å². The molecule has 4 heteroatoms. The van der Waals surface area contributed by atoms with E-state index in [0.29, 0.717) is 6.42 Å². The molecule has 0 bridgehead atoms. The molecule has 0 aliphatic carbocycles. The average Bonchev–Trinajstić information content (AvgIpc) is 2.53. The van der Waals surface area contributed by atoms with E-state index in [1.165, 1.54) is 0 Å². The van der Waals surface area contributed by atoms with Gasteiger partial charge in [-0.3, -0.25) is 4.40 Å². The molecule has 2 aromatic heterocycles. The summed E-state index contributed by atoms with van der Waals surface area (Å²) in [5, 5.41) is 10.7. The molecule has 0 aliphatic rings. The maximum Gasteiger partial charge on any atom is 0.119 e. The highest BCUT2D eigenvalue weighted by atomic mass is 32.1. The molecule has 2 rings (SSSR count). The summed E-state index contributed by atoms with van der Waals surface area (Å²) in [5.41, 5.74) is 0. The summed E-state index contributed by atoms with van der Waals surface area (Å²) in [6, 6.07) is 0. The number of thiazole rings is 1. The SMILES string of the molecule is OCCc1ncc2sccn12. The van der Waals surface area contributed by atoms with E-state index in [1.54, 1.807) is 11.3 Å². The van der Waals surface area contributed by atoms with Crippen LogP contribution in [0.2, 0.25) is 0 Å². The second-order valence-corrected chi connectivity index (χ2v) is 3.19. The zero-order chi connectivity index (χ0) is 7.68. The van der Waals surface area contributed by atoms with E-state index in [4.69, 9.17) is 5.11 Å². The van der Waals surface area contributed by atoms with E-state index >= 15 is 0 Å². The Bertz CT molecular complexity index is 352. The maximum atomic E-state index is 8.69. The van der Waals surface area contributed by atoms with Gasteiger partial charge in [0.15, 0.2) is 0 Å². The number of rotatable bonds is 2. The van der Waals surface area contributed by atoms with Crippen LogP contribution in [0.5, 0.6) is 0 Å². The van der Waals surface area contributed by atoms with Crippen molar-refractivity contribution in [3.8, 4) is 0 Å². The lowest BCUT2D eigenvalue weighted by molar-refractivity contribution is 0.296. The van der Waals surface area contributed by atoms with Gasteiger partial charge in [-0.15, -0.1) is 11.3 Å². The van der Waals surface area contributed by atoms with Gasteiger partial charge >= 0.3 is 0 Å². The molecule has 0 amide bonds. The fraction of sp³-hybridized carbons (Fsp3) is 0.286. The summed E-state index contributed by atoms with van der Waals surface area (Å²) < 4.78 is 2.00. The monoisotopic (exact) mass is 168 g/mol. The van der Waals surface area contributed by atoms with Gasteiger partial charge in [0.2, 0.25) is 0 Å². The Balaban J connectivity index is 2.51. The molecule has 0 spiro atoms. The Morgan fingerprint density at radius 1 is 1.64 bits per heavy atom. The number of aliphatic hydroxyl groups is 1. The number of aliphatic hydroxyl groups excluding tert-OH is 1. The highest BCUT2D eigenvalue weighted by molar-refractivity contribution is 7.15. The Morgan fingerprint density at radius 3 is 3.36 bits per heavy atom. The van der Waals surface area contributed by atoms with Crippen LogP contribution in [0.4, 0.5) is 0 Å². The van der Waals surface area contributed by atoms with Crippen molar-refractivity contribution in [3.63, 3.8) is 0 Å². The van der Waals surface area contributed by atoms with Crippen LogP contribution in [-0.2, 0) is 6.42 Å². The third kappa shape index (κ3) is 1.04. The summed E-state index contributed by atoms with van der Waals surface area (Å²) in [5.74, 6) is 0.934. The summed E-state index contributed by atoms with van der Waals surface area (Å²) in [6.45, 7) is 0.162. The van der Waals surface area contributed by atoms with Crippen LogP contribution in [0.1, 0.15) is 5.82 Å². The molecular formula is C7H8N2OS. The van der Waals surface area contributed by atoms with E-state index in [2.05, 4.69) is 4.98 Å². The maximum absolute atomic E-state index is 8.69. The Morgan fingerprint density at radius 2 is 2.55 bits per heavy atom. The van der Waals surface area contributed by atoms with Gasteiger partial charge in [-0.05, 0) is 0 Å². The van der Waals surface area contributed by atoms with Crippen LogP contribution < -0.4 is 0 Å². The zero-order valence-corrected chi connectivity index (χ0v) is 6.71. The lowest BCUT2D eigenvalue weighted by Gasteiger charge is -1.91. The summed E-state index contributed by atoms with van der Waals surface area (Å²) in [7, 11) is 0. The lowest BCUT2D eigenvalue weighted by Crippen LogP contribution is -1.95. The van der Waals surface area contributed by atoms with Crippen LogP contribution >= 0.6 is 11.3 Å². The Kier molecular flexibility index (Phi) is 1.63. The lowest BCUT2D eigenvalue weighted by atomic mass is 10.4. The second kappa shape index (κ2) is 2.64. The zero-order valence-electron chi connectivity index (χ0n) is 5.90. The molecule has 2 aromatic rings. The predicted octanol–water partition coefficient (Wildman–Crippen LogP) is 0.931. The number of aromatic nitrogens is 2. The molecule has 0 unspecified atom stereocenters. The molecule has 0 aromatic carbocycles. The van der Waals surface area contributed by atoms with Gasteiger partial charge in [-0.25, -0.2) is 4.98 Å². The summed E-state index contributed by atoms with van der Waals surface area (Å²) in [4.78, 5) is 5.29. The molecule has 0 radical (unpaired) electrons. The molecule has 1 N–H and O–H groups in total. The minimum absolute atomic E-state index is 0.162. The first-order valence-corrected chi connectivity index (χ1v) is 4.30. The van der Waals surface area contributed by atoms with E-state index in [-0.39, 0.29) is 6.61 Å². The molecule has 0 atom stereocenters. The van der Waals surface area contributed by atoms with Crippen LogP contribution in [-0.4, -0.2) is 21.1 Å². The normalized spacial score (nSPS) is 11.0. The minimum Gasteiger partial charge on any atom is -0.396 e. The minimum atomic E-state index is 0.162. The molecule has 3 nitrogen and oxygen atoms in total. The standard InChI is InChI=1S/C7H8N2OS/c10-3-1-6-8-5-7-9(6)2-4-11-7/h2,4-5,10H,1,3H2. The summed E-state index contributed by atoms with van der Waals surface area (Å²) in [6.07, 6.45) is 4.43. The van der Waals surface area contributed by atoms with Gasteiger partial charge in [0.1, 0.15) is 10.7 Å². The molecule has 0 aliphatic heterocycles. The van der Waals surface area contributed by atoms with Crippen molar-refractivity contribution >= 4 is 16.2 Å². The van der Waals surface area contributed by atoms with E-state index in [9.17, 15) is 0 Å². The average molecular weight is 168 g/mol. The van der Waals surface area contributed by atoms with Gasteiger partial charge in [0.05, 0.1) is 12.8 Å². The van der Waals surface area contributed by atoms with Gasteiger partial charge in [0, 0.05) is 18.0 Å². The predicted molar refractivity (Wildman–Crippen MR) is 43.9 cm³/mol. The Labute approximate surface area is 67.9 Å². The van der Waals surface area contributed by atoms with Crippen LogP contribution in [0, 0.1) is 0 Å². The molecule has 11 heavy (non-hydrogen) atoms. The molecule has 0 saturated heterocycles. The number of hydrogen-bond acceptors (Lipinski definition) is 3. The molecule has 0 saturated carbocycles. The fourth-order valence-corrected chi connectivity index (χ4v) is 1.79. The topological polar surface area (TPSA) is 37.5 Å². The van der Waals surface area contributed by atoms with E-state index in [1.807, 2.05) is 22.2 Å². The van der Waals surface area contributed by atoms with Crippen molar-refractivity contribution < 1.29 is 5.11 Å². The van der Waals surface area contributed by atoms with Gasteiger partial charge < -0.3 is 5.11 Å². The number of hydrogen-bond donors (Lipinski definition) is 1. The van der Waals surface area contributed by atoms with Gasteiger partial charge in [-0.2, -0.15) is 0 Å². The highest BCUT2D eigenvalue weighted by Gasteiger charge is 2.01. The first-order valence-electron chi connectivity index (χ1n) is 3.42. The third-order valence-electron chi connectivity index (χ3n) is 1.57. The van der Waals surface area contributed by atoms with E-state index in [0.717, 1.165) is 10.7 Å².